The summed E-state index contributed by atoms with van der Waals surface area (Å²) in [5.41, 5.74) is 2.41. The number of hydrogen-bond acceptors (Lipinski definition) is 4. The molecule has 2 aromatic heterocycles. The highest BCUT2D eigenvalue weighted by atomic mass is 16.5. The maximum Gasteiger partial charge on any atom is 0.240 e. The van der Waals surface area contributed by atoms with Gasteiger partial charge < -0.3 is 14.8 Å². The van der Waals surface area contributed by atoms with Crippen LogP contribution in [0, 0.1) is 6.92 Å². The molecule has 0 spiro atoms. The number of nitrogens with zero attached hydrogens (tertiary/aromatic N) is 2. The first kappa shape index (κ1) is 11.0. The monoisotopic (exact) mass is 242 g/mol. The lowest BCUT2D eigenvalue weighted by atomic mass is 10.1. The lowest BCUT2D eigenvalue weighted by Crippen LogP contribution is -2.13. The predicted octanol–water partition coefficient (Wildman–Crippen LogP) is 2.15. The Hall–Kier alpha value is -2.14. The summed E-state index contributed by atoms with van der Waals surface area (Å²) >= 11 is 0. The molecule has 92 valence electrons. The van der Waals surface area contributed by atoms with Gasteiger partial charge >= 0.3 is 0 Å². The minimum Gasteiger partial charge on any atom is -0.361 e. The molecule has 0 saturated carbocycles. The molecule has 0 fully saturated rings. The smallest absolute Gasteiger partial charge is 0.240 e. The molecule has 3 rings (SSSR count). The van der Waals surface area contributed by atoms with Crippen molar-refractivity contribution in [1.29, 1.82) is 0 Å². The second-order valence-electron chi connectivity index (χ2n) is 4.19. The van der Waals surface area contributed by atoms with Crippen molar-refractivity contribution in [2.75, 3.05) is 0 Å². The molecule has 0 aliphatic rings. The van der Waals surface area contributed by atoms with Crippen LogP contribution in [-0.4, -0.2) is 15.1 Å². The lowest BCUT2D eigenvalue weighted by Gasteiger charge is -2.03. The summed E-state index contributed by atoms with van der Waals surface area (Å²) < 4.78 is 5.04. The molecule has 18 heavy (non-hydrogen) atoms. The molecule has 5 heteroatoms. The number of benzene rings is 1. The highest BCUT2D eigenvalue weighted by molar-refractivity contribution is 5.82. The van der Waals surface area contributed by atoms with E-state index in [-0.39, 0.29) is 0 Å². The number of H-pyrrole nitrogens is 1. The zero-order valence-corrected chi connectivity index (χ0v) is 10.1. The first-order chi connectivity index (χ1) is 8.83. The summed E-state index contributed by atoms with van der Waals surface area (Å²) in [4.78, 5) is 7.35. The molecular weight excluding hydrogens is 228 g/mol. The van der Waals surface area contributed by atoms with Crippen molar-refractivity contribution >= 4 is 10.9 Å². The fraction of sp³-hybridized carbons (Fsp3) is 0.231. The third kappa shape index (κ3) is 2.12. The van der Waals surface area contributed by atoms with E-state index in [0.29, 0.717) is 18.3 Å². The van der Waals surface area contributed by atoms with Gasteiger partial charge in [0.05, 0.1) is 6.54 Å². The van der Waals surface area contributed by atoms with Crippen molar-refractivity contribution in [2.24, 2.45) is 0 Å². The van der Waals surface area contributed by atoms with Gasteiger partial charge in [-0.15, -0.1) is 0 Å². The molecule has 0 atom stereocenters. The Morgan fingerprint density at radius 3 is 3.06 bits per heavy atom. The zero-order valence-electron chi connectivity index (χ0n) is 10.1. The SMILES string of the molecule is Cc1noc(CNCc2cccc3[nH]ccc23)n1. The maximum atomic E-state index is 5.04. The fourth-order valence-electron chi connectivity index (χ4n) is 2.02. The highest BCUT2D eigenvalue weighted by Gasteiger charge is 2.04. The Labute approximate surface area is 104 Å². The summed E-state index contributed by atoms with van der Waals surface area (Å²) in [6.07, 6.45) is 1.95. The van der Waals surface area contributed by atoms with E-state index < -0.39 is 0 Å². The molecule has 2 heterocycles. The van der Waals surface area contributed by atoms with Crippen LogP contribution in [0.1, 0.15) is 17.3 Å². The maximum absolute atomic E-state index is 5.04. The predicted molar refractivity (Wildman–Crippen MR) is 67.9 cm³/mol. The average molecular weight is 242 g/mol. The topological polar surface area (TPSA) is 66.7 Å². The van der Waals surface area contributed by atoms with Gasteiger partial charge in [0.1, 0.15) is 0 Å². The van der Waals surface area contributed by atoms with Crippen molar-refractivity contribution < 1.29 is 4.52 Å². The van der Waals surface area contributed by atoms with Crippen molar-refractivity contribution in [2.45, 2.75) is 20.0 Å². The van der Waals surface area contributed by atoms with Gasteiger partial charge in [0.2, 0.25) is 5.89 Å². The molecule has 1 aromatic carbocycles. The normalized spacial score (nSPS) is 11.2. The number of aryl methyl sites for hydroxylation is 1. The molecule has 0 radical (unpaired) electrons. The van der Waals surface area contributed by atoms with Crippen LogP contribution in [0.2, 0.25) is 0 Å². The van der Waals surface area contributed by atoms with Gasteiger partial charge in [-0.2, -0.15) is 4.98 Å². The Balaban J connectivity index is 1.68. The largest absolute Gasteiger partial charge is 0.361 e. The zero-order chi connectivity index (χ0) is 12.4. The van der Waals surface area contributed by atoms with E-state index in [1.54, 1.807) is 0 Å². The molecule has 2 N–H and O–H groups in total. The fourth-order valence-corrected chi connectivity index (χ4v) is 2.02. The van der Waals surface area contributed by atoms with Crippen molar-refractivity contribution in [1.82, 2.24) is 20.4 Å². The van der Waals surface area contributed by atoms with E-state index in [4.69, 9.17) is 4.52 Å². The van der Waals surface area contributed by atoms with Gasteiger partial charge in [0.15, 0.2) is 5.82 Å². The Bertz CT molecular complexity index is 656. The summed E-state index contributed by atoms with van der Waals surface area (Å²) in [7, 11) is 0. The van der Waals surface area contributed by atoms with Gasteiger partial charge in [-0.05, 0) is 24.6 Å². The van der Waals surface area contributed by atoms with E-state index in [9.17, 15) is 0 Å². The molecule has 5 nitrogen and oxygen atoms in total. The quantitative estimate of drug-likeness (QED) is 0.735. The third-order valence-corrected chi connectivity index (χ3v) is 2.85. The molecule has 0 aliphatic heterocycles. The third-order valence-electron chi connectivity index (χ3n) is 2.85. The second kappa shape index (κ2) is 4.62. The van der Waals surface area contributed by atoms with Crippen molar-refractivity contribution in [3.05, 3.63) is 47.7 Å². The molecule has 3 aromatic rings. The molecule has 0 bridgehead atoms. The number of hydrogen-bond donors (Lipinski definition) is 2. The first-order valence-corrected chi connectivity index (χ1v) is 5.88. The average Bonchev–Trinajstić information content (AvgIpc) is 2.98. The lowest BCUT2D eigenvalue weighted by molar-refractivity contribution is 0.364. The minimum absolute atomic E-state index is 0.585. The molecule has 0 saturated heterocycles. The number of aromatic nitrogens is 3. The van der Waals surface area contributed by atoms with Gasteiger partial charge in [-0.1, -0.05) is 17.3 Å². The van der Waals surface area contributed by atoms with Gasteiger partial charge in [0, 0.05) is 23.6 Å². The van der Waals surface area contributed by atoms with Crippen LogP contribution < -0.4 is 5.32 Å². The minimum atomic E-state index is 0.585. The number of aromatic amines is 1. The van der Waals surface area contributed by atoms with Crippen LogP contribution in [0.25, 0.3) is 10.9 Å². The van der Waals surface area contributed by atoms with E-state index in [0.717, 1.165) is 12.1 Å². The van der Waals surface area contributed by atoms with E-state index >= 15 is 0 Å². The van der Waals surface area contributed by atoms with Gasteiger partial charge in [-0.3, -0.25) is 0 Å². The highest BCUT2D eigenvalue weighted by Crippen LogP contribution is 2.17. The summed E-state index contributed by atoms with van der Waals surface area (Å²) in [6.45, 7) is 3.17. The van der Waals surface area contributed by atoms with Crippen LogP contribution in [0.3, 0.4) is 0 Å². The van der Waals surface area contributed by atoms with Crippen LogP contribution in [-0.2, 0) is 13.1 Å². The van der Waals surface area contributed by atoms with Crippen LogP contribution in [0.5, 0.6) is 0 Å². The Kier molecular flexibility index (Phi) is 2.82. The van der Waals surface area contributed by atoms with E-state index in [2.05, 4.69) is 38.6 Å². The standard InChI is InChI=1S/C13H14N4O/c1-9-16-13(18-17-9)8-14-7-10-3-2-4-12-11(10)5-6-15-12/h2-6,14-15H,7-8H2,1H3. The van der Waals surface area contributed by atoms with E-state index in [1.165, 1.54) is 10.9 Å². The summed E-state index contributed by atoms with van der Waals surface area (Å²) in [5.74, 6) is 1.29. The van der Waals surface area contributed by atoms with Gasteiger partial charge in [-0.25, -0.2) is 0 Å². The second-order valence-corrected chi connectivity index (χ2v) is 4.19. The van der Waals surface area contributed by atoms with Gasteiger partial charge in [0.25, 0.3) is 0 Å². The van der Waals surface area contributed by atoms with Crippen LogP contribution >= 0.6 is 0 Å². The molecule has 0 unspecified atom stereocenters. The molecular formula is C13H14N4O. The summed E-state index contributed by atoms with van der Waals surface area (Å²) in [6, 6.07) is 8.32. The van der Waals surface area contributed by atoms with E-state index in [1.807, 2.05) is 19.2 Å². The number of rotatable bonds is 4. The molecule has 0 amide bonds. The van der Waals surface area contributed by atoms with Crippen LogP contribution in [0.15, 0.2) is 35.0 Å². The van der Waals surface area contributed by atoms with Crippen LogP contribution in [0.4, 0.5) is 0 Å². The number of nitrogens with one attached hydrogen (secondary N) is 2. The van der Waals surface area contributed by atoms with Crippen molar-refractivity contribution in [3.63, 3.8) is 0 Å². The Morgan fingerprint density at radius 1 is 1.28 bits per heavy atom. The summed E-state index contributed by atoms with van der Waals surface area (Å²) in [5, 5.41) is 8.30. The van der Waals surface area contributed by atoms with Crippen molar-refractivity contribution in [3.8, 4) is 0 Å². The Morgan fingerprint density at radius 2 is 2.22 bits per heavy atom. The molecule has 0 aliphatic carbocycles. The number of fused-ring (bicyclic) bond motifs is 1. The first-order valence-electron chi connectivity index (χ1n) is 5.88.